The quantitative estimate of drug-likeness (QED) is 0.330. The highest BCUT2D eigenvalue weighted by atomic mass is 16.6. The van der Waals surface area contributed by atoms with Crippen molar-refractivity contribution >= 4 is 23.8 Å². The molecule has 3 aromatic carbocycles. The number of carbonyl (C=O) groups is 4. The van der Waals surface area contributed by atoms with Gasteiger partial charge in [-0.1, -0.05) is 91.0 Å². The van der Waals surface area contributed by atoms with Crippen LogP contribution in [-0.4, -0.2) is 55.4 Å². The normalized spacial score (nSPS) is 11.4. The number of amides is 4. The third kappa shape index (κ3) is 17.9. The van der Waals surface area contributed by atoms with Crippen LogP contribution >= 0.6 is 0 Å². The van der Waals surface area contributed by atoms with E-state index in [-0.39, 0.29) is 18.2 Å². The summed E-state index contributed by atoms with van der Waals surface area (Å²) < 4.78 is 25.7. The molecule has 8 nitrogen and oxygen atoms in total. The molecule has 4 amide bonds. The first-order valence-electron chi connectivity index (χ1n) is 15.7. The molecule has 0 aliphatic carbocycles. The van der Waals surface area contributed by atoms with E-state index in [2.05, 4.69) is 5.32 Å². The second-order valence-electron chi connectivity index (χ2n) is 10.6. The summed E-state index contributed by atoms with van der Waals surface area (Å²) in [6.07, 6.45) is 2.45. The van der Waals surface area contributed by atoms with Gasteiger partial charge in [0.15, 0.2) is 0 Å². The zero-order valence-corrected chi connectivity index (χ0v) is 25.9. The lowest BCUT2D eigenvalue weighted by Crippen LogP contribution is -2.38. The standard InChI is InChI=1S/C15H21NO3.2C10H13NO/c1-15(2,3)19-14(18)16(4)13(17)11-10-12-8-6-5-7-9-12;2*1-11-10(12)8-7-9-5-3-2-4-6-9/h5-9H,10-11H2,1-4H3;2*2-6H,7-8H2,1H3,(H,11,12)/i;1D3;. The van der Waals surface area contributed by atoms with Crippen molar-refractivity contribution in [3.05, 3.63) is 108 Å². The molecule has 0 aliphatic rings. The van der Waals surface area contributed by atoms with Gasteiger partial charge >= 0.3 is 6.09 Å². The number of rotatable bonds is 9. The molecule has 0 spiro atoms. The van der Waals surface area contributed by atoms with Gasteiger partial charge in [-0.3, -0.25) is 19.3 Å². The molecule has 0 aliphatic heterocycles. The average Bonchev–Trinajstić information content (AvgIpc) is 3.01. The zero-order valence-electron chi connectivity index (χ0n) is 28.9. The highest BCUT2D eigenvalue weighted by Gasteiger charge is 2.23. The maximum absolute atomic E-state index is 11.9. The van der Waals surface area contributed by atoms with Gasteiger partial charge in [-0.15, -0.1) is 0 Å². The van der Waals surface area contributed by atoms with Gasteiger partial charge in [0.05, 0.1) is 0 Å². The van der Waals surface area contributed by atoms with Crippen LogP contribution in [0.5, 0.6) is 0 Å². The zero-order chi connectivity index (χ0) is 34.6. The highest BCUT2D eigenvalue weighted by molar-refractivity contribution is 5.91. The van der Waals surface area contributed by atoms with Crippen molar-refractivity contribution in [2.24, 2.45) is 0 Å². The third-order valence-corrected chi connectivity index (χ3v) is 5.90. The summed E-state index contributed by atoms with van der Waals surface area (Å²) >= 11 is 0. The summed E-state index contributed by atoms with van der Waals surface area (Å²) in [7, 11) is 3.11. The molecule has 8 heteroatoms. The number of aryl methyl sites for hydroxylation is 3. The lowest BCUT2D eigenvalue weighted by Gasteiger charge is -2.23. The summed E-state index contributed by atoms with van der Waals surface area (Å²) in [4.78, 5) is 46.6. The van der Waals surface area contributed by atoms with Crippen molar-refractivity contribution < 1.29 is 28.0 Å². The molecule has 0 fully saturated rings. The molecule has 0 saturated carbocycles. The van der Waals surface area contributed by atoms with E-state index < -0.39 is 24.6 Å². The van der Waals surface area contributed by atoms with Crippen LogP contribution in [0, 0.1) is 0 Å². The minimum Gasteiger partial charge on any atom is -0.443 e. The predicted molar refractivity (Wildman–Crippen MR) is 171 cm³/mol. The number of nitrogens with zero attached hydrogens (tertiary/aromatic N) is 1. The Hall–Kier alpha value is -4.46. The molecular weight excluding hydrogens is 542 g/mol. The topological polar surface area (TPSA) is 105 Å². The summed E-state index contributed by atoms with van der Waals surface area (Å²) in [6, 6.07) is 29.2. The van der Waals surface area contributed by atoms with E-state index >= 15 is 0 Å². The maximum atomic E-state index is 11.9. The number of hydrogen-bond donors (Lipinski definition) is 2. The van der Waals surface area contributed by atoms with E-state index in [0.717, 1.165) is 22.4 Å². The number of carbonyl (C=O) groups excluding carboxylic acids is 4. The molecule has 0 heterocycles. The SMILES string of the molecule is CN(C(=O)CCc1ccccc1)C(=O)OC(C)(C)C.CNC(=O)CCc1ccccc1.[2H]C([2H])([2H])NC(=O)CCc1ccccc1. The molecule has 0 saturated heterocycles. The number of hydrogen-bond acceptors (Lipinski definition) is 5. The van der Waals surface area contributed by atoms with Crippen LogP contribution in [0.25, 0.3) is 0 Å². The van der Waals surface area contributed by atoms with Gasteiger partial charge in [-0.05, 0) is 56.7 Å². The summed E-state index contributed by atoms with van der Waals surface area (Å²) in [5, 5.41) is 4.55. The Labute approximate surface area is 261 Å². The Kier molecular flexibility index (Phi) is 14.9. The molecule has 2 N–H and O–H groups in total. The fourth-order valence-electron chi connectivity index (χ4n) is 3.49. The van der Waals surface area contributed by atoms with Gasteiger partial charge in [-0.2, -0.15) is 0 Å². The van der Waals surface area contributed by atoms with E-state index in [1.54, 1.807) is 27.8 Å². The maximum Gasteiger partial charge on any atom is 0.416 e. The van der Waals surface area contributed by atoms with E-state index in [1.165, 1.54) is 12.6 Å². The Balaban J connectivity index is 0.000000354. The minimum atomic E-state index is -2.38. The lowest BCUT2D eigenvalue weighted by molar-refractivity contribution is -0.129. The second kappa shape index (κ2) is 20.4. The molecule has 3 aromatic rings. The van der Waals surface area contributed by atoms with Gasteiger partial charge in [0.25, 0.3) is 0 Å². The smallest absolute Gasteiger partial charge is 0.416 e. The van der Waals surface area contributed by atoms with E-state index in [1.807, 2.05) is 96.3 Å². The van der Waals surface area contributed by atoms with Crippen LogP contribution < -0.4 is 10.6 Å². The van der Waals surface area contributed by atoms with Crippen molar-refractivity contribution in [3.8, 4) is 0 Å². The van der Waals surface area contributed by atoms with Gasteiger partial charge in [-0.25, -0.2) is 4.79 Å². The van der Waals surface area contributed by atoms with Crippen LogP contribution in [0.1, 0.15) is 60.8 Å². The first kappa shape index (κ1) is 31.5. The predicted octanol–water partition coefficient (Wildman–Crippen LogP) is 5.74. The van der Waals surface area contributed by atoms with E-state index in [9.17, 15) is 19.2 Å². The van der Waals surface area contributed by atoms with Crippen molar-refractivity contribution in [2.45, 2.75) is 64.9 Å². The van der Waals surface area contributed by atoms with Crippen LogP contribution in [-0.2, 0) is 38.4 Å². The van der Waals surface area contributed by atoms with Crippen LogP contribution in [0.4, 0.5) is 4.79 Å². The number of ether oxygens (including phenoxy) is 1. The van der Waals surface area contributed by atoms with Crippen LogP contribution in [0.15, 0.2) is 91.0 Å². The molecule has 0 bridgehead atoms. The first-order valence-corrected chi connectivity index (χ1v) is 14.2. The van der Waals surface area contributed by atoms with Crippen molar-refractivity contribution in [2.75, 3.05) is 21.1 Å². The number of imide groups is 1. The summed E-state index contributed by atoms with van der Waals surface area (Å²) in [5.74, 6) is -0.587. The molecule has 3 rings (SSSR count). The molecule has 232 valence electrons. The molecule has 0 unspecified atom stereocenters. The number of nitrogens with one attached hydrogen (secondary N) is 2. The van der Waals surface area contributed by atoms with Crippen molar-refractivity contribution in [1.29, 1.82) is 0 Å². The number of benzene rings is 3. The largest absolute Gasteiger partial charge is 0.443 e. The van der Waals surface area contributed by atoms with Crippen LogP contribution in [0.3, 0.4) is 0 Å². The molecule has 43 heavy (non-hydrogen) atoms. The van der Waals surface area contributed by atoms with Gasteiger partial charge < -0.3 is 15.4 Å². The first-order chi connectivity index (χ1) is 21.6. The third-order valence-electron chi connectivity index (χ3n) is 5.90. The lowest BCUT2D eigenvalue weighted by atomic mass is 10.1. The Morgan fingerprint density at radius 1 is 0.674 bits per heavy atom. The summed E-state index contributed by atoms with van der Waals surface area (Å²) in [5.41, 5.74) is 2.72. The van der Waals surface area contributed by atoms with Crippen molar-refractivity contribution in [1.82, 2.24) is 15.5 Å². The van der Waals surface area contributed by atoms with Gasteiger partial charge in [0, 0.05) is 44.4 Å². The molecule has 0 radical (unpaired) electrons. The highest BCUT2D eigenvalue weighted by Crippen LogP contribution is 2.11. The Bertz CT molecular complexity index is 1330. The fourth-order valence-corrected chi connectivity index (χ4v) is 3.49. The second-order valence-corrected chi connectivity index (χ2v) is 10.6. The van der Waals surface area contributed by atoms with E-state index in [4.69, 9.17) is 8.85 Å². The molecule has 0 atom stereocenters. The van der Waals surface area contributed by atoms with Gasteiger partial charge in [0.1, 0.15) is 5.60 Å². The summed E-state index contributed by atoms with van der Waals surface area (Å²) in [6.45, 7) is 2.93. The van der Waals surface area contributed by atoms with Gasteiger partial charge in [0.2, 0.25) is 17.7 Å². The van der Waals surface area contributed by atoms with Crippen LogP contribution in [0.2, 0.25) is 0 Å². The fraction of sp³-hybridized carbons (Fsp3) is 0.371. The van der Waals surface area contributed by atoms with Crippen molar-refractivity contribution in [3.63, 3.8) is 0 Å². The molecule has 0 aromatic heterocycles. The average molecular weight is 593 g/mol. The molecular formula is C35H47N3O5. The van der Waals surface area contributed by atoms with E-state index in [0.29, 0.717) is 25.7 Å². The minimum absolute atomic E-state index is 0.0962. The Morgan fingerprint density at radius 2 is 1.05 bits per heavy atom. The Morgan fingerprint density at radius 3 is 1.40 bits per heavy atom. The monoisotopic (exact) mass is 592 g/mol.